The molecule has 0 aromatic carbocycles. The first kappa shape index (κ1) is 18.8. The quantitative estimate of drug-likeness (QED) is 0.658. The van der Waals surface area contributed by atoms with Crippen molar-refractivity contribution >= 4 is 17.3 Å². The zero-order valence-electron chi connectivity index (χ0n) is 16.8. The summed E-state index contributed by atoms with van der Waals surface area (Å²) in [4.78, 5) is 38.6. The Morgan fingerprint density at radius 1 is 1.07 bits per heavy atom. The van der Waals surface area contributed by atoms with Crippen LogP contribution >= 0.6 is 0 Å². The molecule has 0 spiro atoms. The lowest BCUT2D eigenvalue weighted by molar-refractivity contribution is 0.0477. The van der Waals surface area contributed by atoms with Gasteiger partial charge in [0.15, 0.2) is 5.65 Å². The molecule has 1 fully saturated rings. The number of carbonyl (C=O) groups is 1. The van der Waals surface area contributed by atoms with Gasteiger partial charge in [-0.1, -0.05) is 6.07 Å². The van der Waals surface area contributed by atoms with Crippen LogP contribution in [0.5, 0.6) is 0 Å². The Morgan fingerprint density at radius 2 is 1.87 bits per heavy atom. The van der Waals surface area contributed by atoms with Crippen molar-refractivity contribution in [2.45, 2.75) is 50.7 Å². The van der Waals surface area contributed by atoms with E-state index in [1.165, 1.54) is 5.56 Å². The summed E-state index contributed by atoms with van der Waals surface area (Å²) in [7, 11) is 0. The molecule has 0 saturated carbocycles. The van der Waals surface area contributed by atoms with Crippen LogP contribution in [0.3, 0.4) is 0 Å². The standard InChI is InChI=1S/C22H25N5O3/c28-21-25-20-17(7-4-12-24-20)27(21)16-9-13-26(14-10-16)22(29)30-18-8-2-1-5-15-6-3-11-23-19(15)18/h3-4,6-7,11-12,16,18H,1-2,5,8-10,13-14H2,(H,24,25,28)/t18-/m1/s1. The Morgan fingerprint density at radius 3 is 2.73 bits per heavy atom. The number of aromatic nitrogens is 4. The van der Waals surface area contributed by atoms with Gasteiger partial charge < -0.3 is 9.64 Å². The van der Waals surface area contributed by atoms with Crippen LogP contribution in [0.4, 0.5) is 4.79 Å². The largest absolute Gasteiger partial charge is 0.440 e. The number of aryl methyl sites for hydroxylation is 1. The molecule has 8 nitrogen and oxygen atoms in total. The lowest BCUT2D eigenvalue weighted by Crippen LogP contribution is -2.41. The molecule has 5 rings (SSSR count). The van der Waals surface area contributed by atoms with E-state index in [9.17, 15) is 9.59 Å². The second-order valence-electron chi connectivity index (χ2n) is 8.06. The van der Waals surface area contributed by atoms with Gasteiger partial charge in [-0.25, -0.2) is 14.6 Å². The molecular weight excluding hydrogens is 382 g/mol. The first-order chi connectivity index (χ1) is 14.7. The second-order valence-corrected chi connectivity index (χ2v) is 8.06. The molecule has 8 heteroatoms. The summed E-state index contributed by atoms with van der Waals surface area (Å²) in [6.45, 7) is 1.12. The van der Waals surface area contributed by atoms with Gasteiger partial charge in [0.25, 0.3) is 0 Å². The van der Waals surface area contributed by atoms with Crippen LogP contribution in [0, 0.1) is 0 Å². The lowest BCUT2D eigenvalue weighted by Gasteiger charge is -2.32. The number of H-pyrrole nitrogens is 1. The lowest BCUT2D eigenvalue weighted by atomic mass is 10.0. The number of fused-ring (bicyclic) bond motifs is 2. The number of nitrogens with one attached hydrogen (secondary N) is 1. The van der Waals surface area contributed by atoms with Crippen LogP contribution in [-0.2, 0) is 11.2 Å². The predicted molar refractivity (Wildman–Crippen MR) is 111 cm³/mol. The number of imidazole rings is 1. The summed E-state index contributed by atoms with van der Waals surface area (Å²) in [6, 6.07) is 7.79. The van der Waals surface area contributed by atoms with E-state index < -0.39 is 0 Å². The molecule has 156 valence electrons. The fraction of sp³-hybridized carbons (Fsp3) is 0.455. The molecule has 1 amide bonds. The van der Waals surface area contributed by atoms with Crippen LogP contribution in [-0.4, -0.2) is 43.6 Å². The highest BCUT2D eigenvalue weighted by molar-refractivity contribution is 5.70. The maximum atomic E-state index is 12.9. The van der Waals surface area contributed by atoms with Gasteiger partial charge in [0.05, 0.1) is 11.2 Å². The zero-order chi connectivity index (χ0) is 20.5. The monoisotopic (exact) mass is 407 g/mol. The Balaban J connectivity index is 1.26. The van der Waals surface area contributed by atoms with E-state index in [1.807, 2.05) is 18.2 Å². The number of piperidine rings is 1. The summed E-state index contributed by atoms with van der Waals surface area (Å²) in [6.07, 6.45) is 8.18. The van der Waals surface area contributed by atoms with Crippen molar-refractivity contribution < 1.29 is 9.53 Å². The van der Waals surface area contributed by atoms with Crippen LogP contribution in [0.2, 0.25) is 0 Å². The molecule has 1 N–H and O–H groups in total. The average molecular weight is 407 g/mol. The number of hydrogen-bond acceptors (Lipinski definition) is 5. The number of aromatic amines is 1. The Labute approximate surface area is 173 Å². The maximum absolute atomic E-state index is 12.9. The molecule has 1 aliphatic carbocycles. The van der Waals surface area contributed by atoms with Gasteiger partial charge in [-0.05, 0) is 62.3 Å². The third-order valence-electron chi connectivity index (χ3n) is 6.21. The highest BCUT2D eigenvalue weighted by atomic mass is 16.6. The van der Waals surface area contributed by atoms with Gasteiger partial charge in [0.1, 0.15) is 6.10 Å². The van der Waals surface area contributed by atoms with Gasteiger partial charge in [-0.3, -0.25) is 14.5 Å². The van der Waals surface area contributed by atoms with Crippen LogP contribution in [0.25, 0.3) is 11.2 Å². The van der Waals surface area contributed by atoms with Gasteiger partial charge in [0.2, 0.25) is 0 Å². The second kappa shape index (κ2) is 7.93. The van der Waals surface area contributed by atoms with Crippen molar-refractivity contribution in [3.8, 4) is 0 Å². The smallest absolute Gasteiger partial charge is 0.410 e. The van der Waals surface area contributed by atoms with Crippen molar-refractivity contribution in [1.29, 1.82) is 0 Å². The van der Waals surface area contributed by atoms with Gasteiger partial charge >= 0.3 is 11.8 Å². The van der Waals surface area contributed by atoms with E-state index in [0.29, 0.717) is 31.6 Å². The van der Waals surface area contributed by atoms with Crippen molar-refractivity contribution in [3.05, 3.63) is 58.4 Å². The minimum absolute atomic E-state index is 0.0415. The summed E-state index contributed by atoms with van der Waals surface area (Å²) >= 11 is 0. The minimum atomic E-state index is -0.287. The van der Waals surface area contributed by atoms with Crippen LogP contribution in [0.15, 0.2) is 41.5 Å². The van der Waals surface area contributed by atoms with Gasteiger partial charge in [0, 0.05) is 31.5 Å². The van der Waals surface area contributed by atoms with Gasteiger partial charge in [-0.15, -0.1) is 0 Å². The predicted octanol–water partition coefficient (Wildman–Crippen LogP) is 3.36. The van der Waals surface area contributed by atoms with Crippen molar-refractivity contribution in [2.24, 2.45) is 0 Å². The van der Waals surface area contributed by atoms with E-state index in [-0.39, 0.29) is 23.9 Å². The van der Waals surface area contributed by atoms with Crippen LogP contribution in [0.1, 0.15) is 55.5 Å². The van der Waals surface area contributed by atoms with E-state index in [2.05, 4.69) is 21.0 Å². The molecule has 1 atom stereocenters. The molecule has 2 aliphatic rings. The summed E-state index contributed by atoms with van der Waals surface area (Å²) in [5.41, 5.74) is 3.34. The Bertz CT molecular complexity index is 1110. The minimum Gasteiger partial charge on any atom is -0.440 e. The van der Waals surface area contributed by atoms with Crippen molar-refractivity contribution in [1.82, 2.24) is 24.4 Å². The maximum Gasteiger partial charge on any atom is 0.410 e. The van der Waals surface area contributed by atoms with Crippen molar-refractivity contribution in [3.63, 3.8) is 0 Å². The van der Waals surface area contributed by atoms with E-state index in [4.69, 9.17) is 4.74 Å². The number of ether oxygens (including phenoxy) is 1. The highest BCUT2D eigenvalue weighted by Gasteiger charge is 2.30. The fourth-order valence-electron chi connectivity index (χ4n) is 4.67. The normalized spacial score (nSPS) is 20.0. The Kier molecular flexibility index (Phi) is 4.98. The molecule has 0 unspecified atom stereocenters. The average Bonchev–Trinajstić information content (AvgIpc) is 2.98. The van der Waals surface area contributed by atoms with Gasteiger partial charge in [-0.2, -0.15) is 0 Å². The molecule has 0 radical (unpaired) electrons. The third kappa shape index (κ3) is 3.46. The topological polar surface area (TPSA) is 93.1 Å². The molecule has 0 bridgehead atoms. The number of amides is 1. The summed E-state index contributed by atoms with van der Waals surface area (Å²) in [5, 5.41) is 0. The van der Waals surface area contributed by atoms with E-state index >= 15 is 0 Å². The SMILES string of the molecule is O=C(O[C@@H]1CCCCc2cccnc21)N1CCC(n2c(=O)[nH]c3ncccc32)CC1. The molecular formula is C22H25N5O3. The number of hydrogen-bond donors (Lipinski definition) is 1. The summed E-state index contributed by atoms with van der Waals surface area (Å²) < 4.78 is 7.67. The molecule has 30 heavy (non-hydrogen) atoms. The molecule has 1 saturated heterocycles. The molecule has 3 aromatic heterocycles. The number of pyridine rings is 2. The molecule has 4 heterocycles. The number of nitrogens with zero attached hydrogens (tertiary/aromatic N) is 4. The highest BCUT2D eigenvalue weighted by Crippen LogP contribution is 2.31. The van der Waals surface area contributed by atoms with E-state index in [0.717, 1.165) is 36.9 Å². The molecule has 1 aliphatic heterocycles. The van der Waals surface area contributed by atoms with E-state index in [1.54, 1.807) is 21.9 Å². The van der Waals surface area contributed by atoms with Crippen molar-refractivity contribution in [2.75, 3.05) is 13.1 Å². The molecule has 3 aromatic rings. The Hall–Kier alpha value is -3.16. The number of rotatable bonds is 2. The fourth-order valence-corrected chi connectivity index (χ4v) is 4.67. The first-order valence-electron chi connectivity index (χ1n) is 10.7. The zero-order valence-corrected chi connectivity index (χ0v) is 16.8. The van der Waals surface area contributed by atoms with Crippen LogP contribution < -0.4 is 5.69 Å². The third-order valence-corrected chi connectivity index (χ3v) is 6.21. The number of carbonyl (C=O) groups excluding carboxylic acids is 1. The summed E-state index contributed by atoms with van der Waals surface area (Å²) in [5.74, 6) is 0. The number of likely N-dealkylation sites (tertiary alicyclic amines) is 1. The first-order valence-corrected chi connectivity index (χ1v) is 10.7.